The lowest BCUT2D eigenvalue weighted by Gasteiger charge is -2.43. The Kier molecular flexibility index (Phi) is 4.70. The molecule has 3 rings (SSSR count). The van der Waals surface area contributed by atoms with E-state index in [4.69, 9.17) is 0 Å². The summed E-state index contributed by atoms with van der Waals surface area (Å²) >= 11 is 0. The first-order valence-electron chi connectivity index (χ1n) is 10.4. The van der Waals surface area contributed by atoms with Crippen LogP contribution in [0.1, 0.15) is 98.8 Å². The van der Waals surface area contributed by atoms with Crippen LogP contribution in [0.25, 0.3) is 0 Å². The molecule has 0 radical (unpaired) electrons. The molecule has 5 unspecified atom stereocenters. The molecule has 5 atom stereocenters. The lowest BCUT2D eigenvalue weighted by Crippen LogP contribution is -2.31. The number of hydrogen-bond donors (Lipinski definition) is 0. The van der Waals surface area contributed by atoms with Crippen molar-refractivity contribution in [2.24, 2.45) is 40.4 Å². The highest BCUT2D eigenvalue weighted by atomic mass is 14.7. The smallest absolute Gasteiger partial charge is 0.0232 e. The SMILES string of the molecule is CCC(C)CCC1CC12CC2C(CC)CCC1CC(C)(C)C1. The number of hydrogen-bond acceptors (Lipinski definition) is 0. The Labute approximate surface area is 139 Å². The summed E-state index contributed by atoms with van der Waals surface area (Å²) in [6.45, 7) is 12.1. The minimum Gasteiger partial charge on any atom is -0.0651 e. The molecule has 0 bridgehead atoms. The molecule has 3 aliphatic rings. The standard InChI is InChI=1S/C22H40/c1-6-16(3)8-11-19-14-22(19)15-20(22)18(7-2)10-9-17-12-21(4,5)13-17/h16-20H,6-15H2,1-5H3. The van der Waals surface area contributed by atoms with Crippen LogP contribution in [0.15, 0.2) is 0 Å². The van der Waals surface area contributed by atoms with Crippen molar-refractivity contribution in [1.29, 1.82) is 0 Å². The summed E-state index contributed by atoms with van der Waals surface area (Å²) in [5, 5.41) is 0. The molecule has 0 aromatic heterocycles. The van der Waals surface area contributed by atoms with Crippen LogP contribution < -0.4 is 0 Å². The first-order chi connectivity index (χ1) is 10.4. The normalized spacial score (nSPS) is 38.6. The average molecular weight is 305 g/mol. The average Bonchev–Trinajstić information content (AvgIpc) is 3.34. The third-order valence-electron chi connectivity index (χ3n) is 7.88. The summed E-state index contributed by atoms with van der Waals surface area (Å²) in [6.07, 6.45) is 15.1. The van der Waals surface area contributed by atoms with Crippen LogP contribution in [0.4, 0.5) is 0 Å². The largest absolute Gasteiger partial charge is 0.0651 e. The first-order valence-corrected chi connectivity index (χ1v) is 10.4. The third-order valence-corrected chi connectivity index (χ3v) is 7.88. The molecule has 0 aromatic rings. The molecule has 0 aromatic carbocycles. The third kappa shape index (κ3) is 3.41. The molecule has 0 amide bonds. The second-order valence-corrected chi connectivity index (χ2v) is 10.2. The van der Waals surface area contributed by atoms with E-state index in [1.165, 1.54) is 38.5 Å². The highest BCUT2D eigenvalue weighted by molar-refractivity contribution is 5.19. The topological polar surface area (TPSA) is 0 Å². The van der Waals surface area contributed by atoms with Gasteiger partial charge in [0.15, 0.2) is 0 Å². The maximum atomic E-state index is 2.46. The Bertz CT molecular complexity index is 373. The fourth-order valence-corrected chi connectivity index (χ4v) is 6.02. The molecule has 0 nitrogen and oxygen atoms in total. The summed E-state index contributed by atoms with van der Waals surface area (Å²) in [5.41, 5.74) is 1.55. The molecule has 0 aliphatic heterocycles. The molecule has 0 N–H and O–H groups in total. The van der Waals surface area contributed by atoms with Crippen LogP contribution in [0.2, 0.25) is 0 Å². The molecule has 3 saturated carbocycles. The Balaban J connectivity index is 1.37. The van der Waals surface area contributed by atoms with Gasteiger partial charge < -0.3 is 0 Å². The Hall–Kier alpha value is 0. The van der Waals surface area contributed by atoms with E-state index in [1.807, 2.05) is 0 Å². The van der Waals surface area contributed by atoms with Gasteiger partial charge in [-0.05, 0) is 78.9 Å². The minimum absolute atomic E-state index is 0.671. The molecular formula is C22H40. The van der Waals surface area contributed by atoms with E-state index in [-0.39, 0.29) is 0 Å². The summed E-state index contributed by atoms with van der Waals surface area (Å²) in [6, 6.07) is 0. The summed E-state index contributed by atoms with van der Waals surface area (Å²) in [4.78, 5) is 0. The lowest BCUT2D eigenvalue weighted by atomic mass is 9.62. The summed E-state index contributed by atoms with van der Waals surface area (Å²) < 4.78 is 0. The Morgan fingerprint density at radius 3 is 2.23 bits per heavy atom. The summed E-state index contributed by atoms with van der Waals surface area (Å²) in [7, 11) is 0. The van der Waals surface area contributed by atoms with Crippen LogP contribution in [-0.2, 0) is 0 Å². The van der Waals surface area contributed by atoms with Crippen molar-refractivity contribution in [3.63, 3.8) is 0 Å². The van der Waals surface area contributed by atoms with Gasteiger partial charge in [0.25, 0.3) is 0 Å². The lowest BCUT2D eigenvalue weighted by molar-refractivity contribution is 0.0824. The van der Waals surface area contributed by atoms with Crippen molar-refractivity contribution >= 4 is 0 Å². The molecule has 0 saturated heterocycles. The molecule has 3 aliphatic carbocycles. The first kappa shape index (κ1) is 16.8. The molecule has 128 valence electrons. The zero-order valence-electron chi connectivity index (χ0n) is 16.0. The van der Waals surface area contributed by atoms with Gasteiger partial charge in [-0.15, -0.1) is 0 Å². The van der Waals surface area contributed by atoms with Gasteiger partial charge in [0, 0.05) is 0 Å². The van der Waals surface area contributed by atoms with Crippen LogP contribution in [-0.4, -0.2) is 0 Å². The molecule has 0 heterocycles. The van der Waals surface area contributed by atoms with Crippen molar-refractivity contribution in [2.45, 2.75) is 98.8 Å². The highest BCUT2D eigenvalue weighted by Crippen LogP contribution is 2.78. The molecule has 3 fully saturated rings. The van der Waals surface area contributed by atoms with E-state index in [0.29, 0.717) is 5.41 Å². The van der Waals surface area contributed by atoms with Crippen LogP contribution in [0.5, 0.6) is 0 Å². The van der Waals surface area contributed by atoms with E-state index in [1.54, 1.807) is 25.7 Å². The maximum Gasteiger partial charge on any atom is -0.0232 e. The predicted molar refractivity (Wildman–Crippen MR) is 96.9 cm³/mol. The van der Waals surface area contributed by atoms with E-state index in [0.717, 1.165) is 35.0 Å². The predicted octanol–water partition coefficient (Wildman–Crippen LogP) is 7.08. The second kappa shape index (κ2) is 6.14. The van der Waals surface area contributed by atoms with Crippen molar-refractivity contribution in [3.05, 3.63) is 0 Å². The van der Waals surface area contributed by atoms with Crippen LogP contribution in [0.3, 0.4) is 0 Å². The van der Waals surface area contributed by atoms with Crippen LogP contribution in [0, 0.1) is 40.4 Å². The van der Waals surface area contributed by atoms with Crippen molar-refractivity contribution in [2.75, 3.05) is 0 Å². The monoisotopic (exact) mass is 304 g/mol. The van der Waals surface area contributed by atoms with Gasteiger partial charge in [0.1, 0.15) is 0 Å². The quantitative estimate of drug-likeness (QED) is 0.427. The summed E-state index contributed by atoms with van der Waals surface area (Å²) in [5.74, 6) is 5.35. The second-order valence-electron chi connectivity index (χ2n) is 10.2. The van der Waals surface area contributed by atoms with Gasteiger partial charge in [-0.2, -0.15) is 0 Å². The molecule has 1 spiro atoms. The molecule has 22 heavy (non-hydrogen) atoms. The zero-order chi connectivity index (χ0) is 16.0. The van der Waals surface area contributed by atoms with Crippen LogP contribution >= 0.6 is 0 Å². The van der Waals surface area contributed by atoms with Crippen molar-refractivity contribution in [1.82, 2.24) is 0 Å². The van der Waals surface area contributed by atoms with Gasteiger partial charge in [-0.1, -0.05) is 60.3 Å². The number of rotatable bonds is 9. The minimum atomic E-state index is 0.671. The Morgan fingerprint density at radius 2 is 1.64 bits per heavy atom. The zero-order valence-corrected chi connectivity index (χ0v) is 16.0. The van der Waals surface area contributed by atoms with E-state index < -0.39 is 0 Å². The van der Waals surface area contributed by atoms with Gasteiger partial charge in [0.2, 0.25) is 0 Å². The van der Waals surface area contributed by atoms with Crippen molar-refractivity contribution in [3.8, 4) is 0 Å². The van der Waals surface area contributed by atoms with E-state index in [9.17, 15) is 0 Å². The fourth-order valence-electron chi connectivity index (χ4n) is 6.02. The molecular weight excluding hydrogens is 264 g/mol. The Morgan fingerprint density at radius 1 is 0.909 bits per heavy atom. The van der Waals surface area contributed by atoms with Gasteiger partial charge in [-0.25, -0.2) is 0 Å². The van der Waals surface area contributed by atoms with Crippen molar-refractivity contribution < 1.29 is 0 Å². The fraction of sp³-hybridized carbons (Fsp3) is 1.00. The van der Waals surface area contributed by atoms with Gasteiger partial charge in [-0.3, -0.25) is 0 Å². The van der Waals surface area contributed by atoms with Gasteiger partial charge >= 0.3 is 0 Å². The highest BCUT2D eigenvalue weighted by Gasteiger charge is 2.70. The van der Waals surface area contributed by atoms with E-state index >= 15 is 0 Å². The van der Waals surface area contributed by atoms with E-state index in [2.05, 4.69) is 34.6 Å². The van der Waals surface area contributed by atoms with Gasteiger partial charge in [0.05, 0.1) is 0 Å². The maximum absolute atomic E-state index is 2.46. The molecule has 0 heteroatoms.